The quantitative estimate of drug-likeness (QED) is 0.439. The average molecular weight is 446 g/mol. The molecule has 1 aromatic carbocycles. The van der Waals surface area contributed by atoms with Crippen molar-refractivity contribution < 1.29 is 24.2 Å². The number of hydrogen-bond donors (Lipinski definition) is 4. The van der Waals surface area contributed by atoms with Gasteiger partial charge in [0.25, 0.3) is 5.56 Å². The van der Waals surface area contributed by atoms with E-state index in [1.165, 1.54) is 23.1 Å². The number of aliphatic carboxylic acids is 1. The Morgan fingerprint density at radius 3 is 2.61 bits per heavy atom. The van der Waals surface area contributed by atoms with Crippen LogP contribution in [0.4, 0.5) is 10.5 Å². The summed E-state index contributed by atoms with van der Waals surface area (Å²) in [6.45, 7) is 1.71. The summed E-state index contributed by atoms with van der Waals surface area (Å²) in [7, 11) is 0. The first-order valence-electron chi connectivity index (χ1n) is 9.25. The van der Waals surface area contributed by atoms with Gasteiger partial charge in [-0.3, -0.25) is 9.59 Å². The molecular formula is C21H20ClN3O6. The van der Waals surface area contributed by atoms with Gasteiger partial charge in [0.2, 0.25) is 0 Å². The summed E-state index contributed by atoms with van der Waals surface area (Å²) in [5.41, 5.74) is 0.0604. The Hall–Kier alpha value is -3.72. The Bertz CT molecular complexity index is 1160. The summed E-state index contributed by atoms with van der Waals surface area (Å²) < 4.78 is 6.49. The van der Waals surface area contributed by atoms with Crippen LogP contribution in [0.15, 0.2) is 58.1 Å². The lowest BCUT2D eigenvalue weighted by molar-refractivity contribution is -0.137. The van der Waals surface area contributed by atoms with E-state index in [0.29, 0.717) is 16.1 Å². The van der Waals surface area contributed by atoms with Crippen molar-refractivity contribution in [1.82, 2.24) is 9.88 Å². The maximum Gasteiger partial charge on any atom is 0.320 e. The number of aromatic nitrogens is 1. The molecule has 3 aromatic rings. The fourth-order valence-corrected chi connectivity index (χ4v) is 3.23. The van der Waals surface area contributed by atoms with Crippen molar-refractivity contribution in [2.75, 3.05) is 5.32 Å². The minimum atomic E-state index is -1.15. The van der Waals surface area contributed by atoms with E-state index >= 15 is 0 Å². The van der Waals surface area contributed by atoms with E-state index in [0.717, 1.165) is 0 Å². The first-order chi connectivity index (χ1) is 14.8. The third-order valence-corrected chi connectivity index (χ3v) is 4.91. The number of carbonyl (C=O) groups is 2. The molecule has 0 aliphatic carbocycles. The molecule has 2 heterocycles. The number of anilines is 1. The van der Waals surface area contributed by atoms with Crippen molar-refractivity contribution in [2.24, 2.45) is 0 Å². The van der Waals surface area contributed by atoms with Crippen LogP contribution in [0.3, 0.4) is 0 Å². The Morgan fingerprint density at radius 2 is 1.97 bits per heavy atom. The number of rotatable bonds is 7. The number of carboxylic acid groups (broad SMARTS) is 1. The maximum absolute atomic E-state index is 12.9. The van der Waals surface area contributed by atoms with Crippen molar-refractivity contribution in [3.05, 3.63) is 81.1 Å². The lowest BCUT2D eigenvalue weighted by Gasteiger charge is -2.17. The number of amides is 2. The van der Waals surface area contributed by atoms with E-state index in [1.54, 1.807) is 37.3 Å². The molecule has 31 heavy (non-hydrogen) atoms. The van der Waals surface area contributed by atoms with E-state index in [2.05, 4.69) is 10.6 Å². The number of pyridine rings is 1. The fourth-order valence-electron chi connectivity index (χ4n) is 3.03. The van der Waals surface area contributed by atoms with Crippen LogP contribution in [-0.4, -0.2) is 26.8 Å². The number of halogens is 1. The van der Waals surface area contributed by atoms with Crippen LogP contribution in [0.25, 0.3) is 0 Å². The zero-order valence-electron chi connectivity index (χ0n) is 16.5. The van der Waals surface area contributed by atoms with Crippen LogP contribution in [0.2, 0.25) is 5.02 Å². The SMILES string of the molecule is Cc1cn(Cc2ccccc2Cl)c(=O)c(NC(=O)NC(CC(=O)O)c2ccco2)c1O. The first-order valence-corrected chi connectivity index (χ1v) is 9.63. The molecule has 0 spiro atoms. The summed E-state index contributed by atoms with van der Waals surface area (Å²) in [5.74, 6) is -1.30. The lowest BCUT2D eigenvalue weighted by atomic mass is 10.1. The van der Waals surface area contributed by atoms with E-state index in [-0.39, 0.29) is 23.7 Å². The fraction of sp³-hybridized carbons (Fsp3) is 0.190. The number of hydrogen-bond acceptors (Lipinski definition) is 5. The largest absolute Gasteiger partial charge is 0.505 e. The summed E-state index contributed by atoms with van der Waals surface area (Å²) in [4.78, 5) is 36.5. The minimum Gasteiger partial charge on any atom is -0.505 e. The summed E-state index contributed by atoms with van der Waals surface area (Å²) in [6, 6.07) is 8.24. The predicted octanol–water partition coefficient (Wildman–Crippen LogP) is 3.49. The molecule has 0 aliphatic heterocycles. The highest BCUT2D eigenvalue weighted by Crippen LogP contribution is 2.25. The number of aryl methyl sites for hydroxylation is 1. The number of aromatic hydroxyl groups is 1. The van der Waals surface area contributed by atoms with Crippen LogP contribution < -0.4 is 16.2 Å². The van der Waals surface area contributed by atoms with Crippen LogP contribution in [-0.2, 0) is 11.3 Å². The minimum absolute atomic E-state index is 0.129. The average Bonchev–Trinajstić information content (AvgIpc) is 3.25. The maximum atomic E-state index is 12.9. The molecule has 9 nitrogen and oxygen atoms in total. The first kappa shape index (κ1) is 22.0. The smallest absolute Gasteiger partial charge is 0.320 e. The van der Waals surface area contributed by atoms with Gasteiger partial charge in [-0.15, -0.1) is 0 Å². The van der Waals surface area contributed by atoms with Gasteiger partial charge in [-0.25, -0.2) is 4.79 Å². The number of urea groups is 1. The van der Waals surface area contributed by atoms with Crippen LogP contribution in [0.1, 0.15) is 29.3 Å². The number of carboxylic acids is 1. The molecule has 0 aliphatic rings. The highest BCUT2D eigenvalue weighted by molar-refractivity contribution is 6.31. The number of furan rings is 1. The molecule has 1 atom stereocenters. The van der Waals surface area contributed by atoms with Crippen LogP contribution in [0.5, 0.6) is 5.75 Å². The zero-order valence-corrected chi connectivity index (χ0v) is 17.2. The molecule has 0 saturated heterocycles. The molecule has 162 valence electrons. The highest BCUT2D eigenvalue weighted by Gasteiger charge is 2.22. The molecule has 10 heteroatoms. The van der Waals surface area contributed by atoms with Crippen molar-refractivity contribution in [3.63, 3.8) is 0 Å². The van der Waals surface area contributed by atoms with Gasteiger partial charge in [0.1, 0.15) is 11.5 Å². The molecule has 4 N–H and O–H groups in total. The van der Waals surface area contributed by atoms with Gasteiger partial charge >= 0.3 is 12.0 Å². The molecule has 0 saturated carbocycles. The molecule has 0 radical (unpaired) electrons. The second kappa shape index (κ2) is 9.40. The third-order valence-electron chi connectivity index (χ3n) is 4.54. The van der Waals surface area contributed by atoms with Gasteiger partial charge in [0.15, 0.2) is 5.69 Å². The van der Waals surface area contributed by atoms with E-state index in [1.807, 2.05) is 0 Å². The van der Waals surface area contributed by atoms with Gasteiger partial charge in [-0.05, 0) is 30.7 Å². The Kier molecular flexibility index (Phi) is 6.66. The van der Waals surface area contributed by atoms with Gasteiger partial charge < -0.3 is 29.8 Å². The van der Waals surface area contributed by atoms with Crippen molar-refractivity contribution >= 4 is 29.3 Å². The van der Waals surface area contributed by atoms with E-state index in [9.17, 15) is 19.5 Å². The molecular weight excluding hydrogens is 426 g/mol. The van der Waals surface area contributed by atoms with Crippen molar-refractivity contribution in [1.29, 1.82) is 0 Å². The number of nitrogens with one attached hydrogen (secondary N) is 2. The summed E-state index contributed by atoms with van der Waals surface area (Å²) in [6.07, 6.45) is 2.38. The molecule has 1 unspecified atom stereocenters. The summed E-state index contributed by atoms with van der Waals surface area (Å²) in [5, 5.41) is 24.7. The molecule has 2 aromatic heterocycles. The van der Waals surface area contributed by atoms with Crippen molar-refractivity contribution in [2.45, 2.75) is 25.9 Å². The van der Waals surface area contributed by atoms with Crippen LogP contribution >= 0.6 is 11.6 Å². The predicted molar refractivity (Wildman–Crippen MR) is 114 cm³/mol. The number of carbonyl (C=O) groups excluding carboxylic acids is 1. The molecule has 0 bridgehead atoms. The standard InChI is InChI=1S/C21H20ClN3O6/c1-12-10-25(11-13-5-2-3-6-14(13)22)20(29)18(19(12)28)24-21(30)23-15(9-17(26)27)16-7-4-8-31-16/h2-8,10,15,28H,9,11H2,1H3,(H,26,27)(H2,23,24,30). The van der Waals surface area contributed by atoms with Crippen molar-refractivity contribution in [3.8, 4) is 5.75 Å². The lowest BCUT2D eigenvalue weighted by Crippen LogP contribution is -2.36. The molecule has 3 rings (SSSR count). The summed E-state index contributed by atoms with van der Waals surface area (Å²) >= 11 is 6.17. The van der Waals surface area contributed by atoms with E-state index < -0.39 is 30.0 Å². The number of benzene rings is 1. The Labute approximate surface area is 181 Å². The normalized spacial score (nSPS) is 11.7. The van der Waals surface area contributed by atoms with E-state index in [4.69, 9.17) is 21.1 Å². The molecule has 0 fully saturated rings. The Balaban J connectivity index is 1.85. The van der Waals surface area contributed by atoms with Gasteiger partial charge in [0, 0.05) is 16.8 Å². The third kappa shape index (κ3) is 5.26. The van der Waals surface area contributed by atoms with Crippen LogP contribution in [0, 0.1) is 6.92 Å². The second-order valence-electron chi connectivity index (χ2n) is 6.82. The Morgan fingerprint density at radius 1 is 1.23 bits per heavy atom. The van der Waals surface area contributed by atoms with Gasteiger partial charge in [-0.1, -0.05) is 29.8 Å². The second-order valence-corrected chi connectivity index (χ2v) is 7.23. The van der Waals surface area contributed by atoms with Gasteiger partial charge in [-0.2, -0.15) is 0 Å². The number of nitrogens with zero attached hydrogens (tertiary/aromatic N) is 1. The molecule has 2 amide bonds. The topological polar surface area (TPSA) is 134 Å². The highest BCUT2D eigenvalue weighted by atomic mass is 35.5. The monoisotopic (exact) mass is 445 g/mol. The van der Waals surface area contributed by atoms with Gasteiger partial charge in [0.05, 0.1) is 25.3 Å². The zero-order chi connectivity index (χ0) is 22.5.